The van der Waals surface area contributed by atoms with Crippen LogP contribution in [0.5, 0.6) is 5.75 Å². The Kier molecular flexibility index (Phi) is 3.76. The van der Waals surface area contributed by atoms with E-state index in [4.69, 9.17) is 4.74 Å². The van der Waals surface area contributed by atoms with Crippen LogP contribution in [0.25, 0.3) is 0 Å². The van der Waals surface area contributed by atoms with E-state index in [0.29, 0.717) is 23.6 Å². The van der Waals surface area contributed by atoms with E-state index in [1.807, 2.05) is 17.0 Å². The second-order valence-electron chi connectivity index (χ2n) is 6.76. The predicted molar refractivity (Wildman–Crippen MR) is 89.8 cm³/mol. The summed E-state index contributed by atoms with van der Waals surface area (Å²) >= 11 is 0. The number of methoxy groups -OCH3 is 1. The van der Waals surface area contributed by atoms with Crippen LogP contribution < -0.4 is 4.74 Å². The van der Waals surface area contributed by atoms with Crippen molar-refractivity contribution in [1.82, 2.24) is 20.0 Å². The second kappa shape index (κ2) is 5.94. The van der Waals surface area contributed by atoms with E-state index in [0.717, 1.165) is 25.4 Å². The SMILES string of the molecule is COc1ccc([C@H]2[C@@H]3CN(C(=O)c4ccn[nH]4)C[C@@H]3CN2C)cc1. The van der Waals surface area contributed by atoms with Crippen molar-refractivity contribution in [2.45, 2.75) is 6.04 Å². The Morgan fingerprint density at radius 2 is 2.00 bits per heavy atom. The second-order valence-corrected chi connectivity index (χ2v) is 6.76. The Hall–Kier alpha value is -2.34. The zero-order chi connectivity index (χ0) is 16.7. The molecule has 2 aromatic rings. The van der Waals surface area contributed by atoms with Crippen LogP contribution in [0.2, 0.25) is 0 Å². The van der Waals surface area contributed by atoms with Gasteiger partial charge in [0, 0.05) is 37.8 Å². The van der Waals surface area contributed by atoms with Crippen molar-refractivity contribution in [1.29, 1.82) is 0 Å². The summed E-state index contributed by atoms with van der Waals surface area (Å²) in [5.41, 5.74) is 1.87. The van der Waals surface area contributed by atoms with Crippen LogP contribution in [0, 0.1) is 11.8 Å². The third-order valence-corrected chi connectivity index (χ3v) is 5.37. The average Bonchev–Trinajstić information content (AvgIpc) is 3.30. The average molecular weight is 326 g/mol. The summed E-state index contributed by atoms with van der Waals surface area (Å²) in [6.45, 7) is 2.64. The fourth-order valence-corrected chi connectivity index (χ4v) is 4.27. The van der Waals surface area contributed by atoms with E-state index in [1.54, 1.807) is 19.4 Å². The van der Waals surface area contributed by atoms with Crippen molar-refractivity contribution in [3.63, 3.8) is 0 Å². The summed E-state index contributed by atoms with van der Waals surface area (Å²) in [5.74, 6) is 1.92. The van der Waals surface area contributed by atoms with E-state index in [-0.39, 0.29) is 5.91 Å². The van der Waals surface area contributed by atoms with Crippen molar-refractivity contribution in [3.8, 4) is 5.75 Å². The number of likely N-dealkylation sites (tertiary alicyclic amines) is 2. The molecule has 2 aliphatic heterocycles. The molecule has 24 heavy (non-hydrogen) atoms. The summed E-state index contributed by atoms with van der Waals surface area (Å²) in [5, 5.41) is 6.66. The van der Waals surface area contributed by atoms with Gasteiger partial charge < -0.3 is 9.64 Å². The van der Waals surface area contributed by atoms with Gasteiger partial charge in [-0.15, -0.1) is 0 Å². The lowest BCUT2D eigenvalue weighted by molar-refractivity contribution is 0.0762. The molecule has 4 rings (SSSR count). The van der Waals surface area contributed by atoms with Crippen LogP contribution in [0.1, 0.15) is 22.1 Å². The number of amides is 1. The molecule has 1 aromatic carbocycles. The third kappa shape index (κ3) is 2.47. The molecule has 3 atom stereocenters. The first kappa shape index (κ1) is 15.2. The molecule has 0 aliphatic carbocycles. The largest absolute Gasteiger partial charge is 0.497 e. The number of benzene rings is 1. The molecule has 126 valence electrons. The minimum atomic E-state index is 0.0537. The van der Waals surface area contributed by atoms with Gasteiger partial charge in [0.15, 0.2) is 0 Å². The highest BCUT2D eigenvalue weighted by Crippen LogP contribution is 2.44. The van der Waals surface area contributed by atoms with Crippen LogP contribution in [0.15, 0.2) is 36.5 Å². The zero-order valence-electron chi connectivity index (χ0n) is 14.0. The number of carbonyl (C=O) groups excluding carboxylic acids is 1. The molecule has 3 heterocycles. The monoisotopic (exact) mass is 326 g/mol. The number of nitrogens with one attached hydrogen (secondary N) is 1. The molecule has 2 aliphatic rings. The molecule has 2 saturated heterocycles. The maximum atomic E-state index is 12.6. The lowest BCUT2D eigenvalue weighted by Crippen LogP contribution is -2.33. The first-order valence-corrected chi connectivity index (χ1v) is 8.30. The van der Waals surface area contributed by atoms with Crippen molar-refractivity contribution < 1.29 is 9.53 Å². The van der Waals surface area contributed by atoms with Gasteiger partial charge >= 0.3 is 0 Å². The summed E-state index contributed by atoms with van der Waals surface area (Å²) in [4.78, 5) is 16.9. The highest BCUT2D eigenvalue weighted by Gasteiger charge is 2.47. The Bertz CT molecular complexity index is 713. The molecular weight excluding hydrogens is 304 g/mol. The maximum absolute atomic E-state index is 12.6. The van der Waals surface area contributed by atoms with Crippen LogP contribution in [0.4, 0.5) is 0 Å². The zero-order valence-corrected chi connectivity index (χ0v) is 14.0. The molecule has 0 saturated carbocycles. The van der Waals surface area contributed by atoms with E-state index in [1.165, 1.54) is 5.56 Å². The molecular formula is C18H22N4O2. The fourth-order valence-electron chi connectivity index (χ4n) is 4.27. The maximum Gasteiger partial charge on any atom is 0.271 e. The van der Waals surface area contributed by atoms with Gasteiger partial charge in [-0.05, 0) is 36.7 Å². The number of H-pyrrole nitrogens is 1. The highest BCUT2D eigenvalue weighted by atomic mass is 16.5. The number of aromatic nitrogens is 2. The quantitative estimate of drug-likeness (QED) is 0.934. The molecule has 1 N–H and O–H groups in total. The lowest BCUT2D eigenvalue weighted by atomic mass is 9.89. The van der Waals surface area contributed by atoms with Gasteiger partial charge in [-0.2, -0.15) is 5.10 Å². The third-order valence-electron chi connectivity index (χ3n) is 5.37. The number of rotatable bonds is 3. The van der Waals surface area contributed by atoms with Gasteiger partial charge in [0.25, 0.3) is 5.91 Å². The van der Waals surface area contributed by atoms with Crippen LogP contribution >= 0.6 is 0 Å². The molecule has 0 spiro atoms. The summed E-state index contributed by atoms with van der Waals surface area (Å²) < 4.78 is 5.26. The van der Waals surface area contributed by atoms with Gasteiger partial charge in [0.05, 0.1) is 7.11 Å². The fraction of sp³-hybridized carbons (Fsp3) is 0.444. The Morgan fingerprint density at radius 1 is 1.21 bits per heavy atom. The number of ether oxygens (including phenoxy) is 1. The summed E-state index contributed by atoms with van der Waals surface area (Å²) in [6, 6.07) is 10.4. The topological polar surface area (TPSA) is 61.5 Å². The van der Waals surface area contributed by atoms with Gasteiger partial charge in [-0.25, -0.2) is 0 Å². The van der Waals surface area contributed by atoms with Crippen molar-refractivity contribution in [3.05, 3.63) is 47.8 Å². The Labute approximate surface area is 141 Å². The normalized spacial score (nSPS) is 26.6. The first-order chi connectivity index (χ1) is 11.7. The lowest BCUT2D eigenvalue weighted by Gasteiger charge is -2.26. The van der Waals surface area contributed by atoms with Gasteiger partial charge in [-0.1, -0.05) is 12.1 Å². The molecule has 6 nitrogen and oxygen atoms in total. The molecule has 2 fully saturated rings. The number of aromatic amines is 1. The van der Waals surface area contributed by atoms with E-state index < -0.39 is 0 Å². The minimum Gasteiger partial charge on any atom is -0.497 e. The Balaban J connectivity index is 1.54. The van der Waals surface area contributed by atoms with Gasteiger partial charge in [0.1, 0.15) is 11.4 Å². The number of hydrogen-bond donors (Lipinski definition) is 1. The number of fused-ring (bicyclic) bond motifs is 1. The van der Waals surface area contributed by atoms with Crippen LogP contribution in [0.3, 0.4) is 0 Å². The molecule has 1 amide bonds. The predicted octanol–water partition coefficient (Wildman–Crippen LogP) is 1.79. The highest BCUT2D eigenvalue weighted by molar-refractivity contribution is 5.92. The molecule has 1 aromatic heterocycles. The number of nitrogens with zero attached hydrogens (tertiary/aromatic N) is 3. The first-order valence-electron chi connectivity index (χ1n) is 8.30. The van der Waals surface area contributed by atoms with Crippen molar-refractivity contribution in [2.24, 2.45) is 11.8 Å². The van der Waals surface area contributed by atoms with E-state index in [2.05, 4.69) is 34.3 Å². The van der Waals surface area contributed by atoms with Crippen LogP contribution in [-0.2, 0) is 0 Å². The molecule has 6 heteroatoms. The standard InChI is InChI=1S/C18H22N4O2/c1-21-9-13-10-22(18(23)16-7-8-19-20-16)11-15(13)17(21)12-3-5-14(24-2)6-4-12/h3-8,13,15,17H,9-11H2,1-2H3,(H,19,20)/t13-,15+,17-/m0/s1. The van der Waals surface area contributed by atoms with Gasteiger partial charge in [-0.3, -0.25) is 14.8 Å². The van der Waals surface area contributed by atoms with E-state index >= 15 is 0 Å². The number of carbonyl (C=O) groups is 1. The smallest absolute Gasteiger partial charge is 0.271 e. The molecule has 0 unspecified atom stereocenters. The van der Waals surface area contributed by atoms with Crippen LogP contribution in [-0.4, -0.2) is 59.7 Å². The minimum absolute atomic E-state index is 0.0537. The van der Waals surface area contributed by atoms with Crippen molar-refractivity contribution >= 4 is 5.91 Å². The molecule has 0 bridgehead atoms. The van der Waals surface area contributed by atoms with E-state index in [9.17, 15) is 4.79 Å². The van der Waals surface area contributed by atoms with Gasteiger partial charge in [0.2, 0.25) is 0 Å². The van der Waals surface area contributed by atoms with Crippen molar-refractivity contribution in [2.75, 3.05) is 33.8 Å². The summed E-state index contributed by atoms with van der Waals surface area (Å²) in [7, 11) is 3.86. The number of hydrogen-bond acceptors (Lipinski definition) is 4. The Morgan fingerprint density at radius 3 is 2.67 bits per heavy atom. The summed E-state index contributed by atoms with van der Waals surface area (Å²) in [6.07, 6.45) is 1.62. The molecule has 0 radical (unpaired) electrons.